The zero-order valence-electron chi connectivity index (χ0n) is 10.9. The molecule has 18 heavy (non-hydrogen) atoms. The SMILES string of the molecule is Cc1ccccc1C(C)(N)Cc1ccc(O)cc1. The average molecular weight is 241 g/mol. The summed E-state index contributed by atoms with van der Waals surface area (Å²) in [4.78, 5) is 0. The Labute approximate surface area is 108 Å². The molecule has 0 fully saturated rings. The fourth-order valence-corrected chi connectivity index (χ4v) is 2.35. The summed E-state index contributed by atoms with van der Waals surface area (Å²) in [6.45, 7) is 4.12. The molecule has 1 unspecified atom stereocenters. The maximum Gasteiger partial charge on any atom is 0.115 e. The van der Waals surface area contributed by atoms with Crippen molar-refractivity contribution in [3.63, 3.8) is 0 Å². The number of rotatable bonds is 3. The molecule has 0 aliphatic rings. The standard InChI is InChI=1S/C16H19NO/c1-12-5-3-4-6-15(12)16(2,17)11-13-7-9-14(18)10-8-13/h3-10,18H,11,17H2,1-2H3. The quantitative estimate of drug-likeness (QED) is 0.867. The summed E-state index contributed by atoms with van der Waals surface area (Å²) in [6, 6.07) is 15.4. The molecule has 2 heteroatoms. The van der Waals surface area contributed by atoms with E-state index >= 15 is 0 Å². The van der Waals surface area contributed by atoms with E-state index < -0.39 is 5.54 Å². The number of aryl methyl sites for hydroxylation is 1. The molecule has 0 spiro atoms. The first kappa shape index (κ1) is 12.7. The van der Waals surface area contributed by atoms with Gasteiger partial charge in [0.15, 0.2) is 0 Å². The molecule has 2 aromatic rings. The van der Waals surface area contributed by atoms with Crippen LogP contribution in [0, 0.1) is 6.92 Å². The van der Waals surface area contributed by atoms with Crippen LogP contribution < -0.4 is 5.73 Å². The second kappa shape index (κ2) is 4.83. The largest absolute Gasteiger partial charge is 0.508 e. The Morgan fingerprint density at radius 3 is 2.28 bits per heavy atom. The number of aromatic hydroxyl groups is 1. The van der Waals surface area contributed by atoms with Crippen molar-refractivity contribution in [3.05, 3.63) is 65.2 Å². The van der Waals surface area contributed by atoms with Gasteiger partial charge >= 0.3 is 0 Å². The van der Waals surface area contributed by atoms with Crippen molar-refractivity contribution in [2.24, 2.45) is 5.73 Å². The third-order valence-electron chi connectivity index (χ3n) is 3.27. The van der Waals surface area contributed by atoms with Crippen LogP contribution in [0.25, 0.3) is 0 Å². The summed E-state index contributed by atoms with van der Waals surface area (Å²) in [6.07, 6.45) is 0.748. The molecule has 1 atom stereocenters. The van der Waals surface area contributed by atoms with Crippen LogP contribution in [0.5, 0.6) is 5.75 Å². The zero-order chi connectivity index (χ0) is 13.2. The Kier molecular flexibility index (Phi) is 3.39. The Hall–Kier alpha value is -1.80. The normalized spacial score (nSPS) is 14.2. The summed E-state index contributed by atoms with van der Waals surface area (Å²) in [5.74, 6) is 0.286. The molecule has 0 aliphatic heterocycles. The van der Waals surface area contributed by atoms with Crippen LogP contribution in [0.3, 0.4) is 0 Å². The minimum Gasteiger partial charge on any atom is -0.508 e. The van der Waals surface area contributed by atoms with Gasteiger partial charge in [0, 0.05) is 5.54 Å². The van der Waals surface area contributed by atoms with Gasteiger partial charge in [-0.1, -0.05) is 36.4 Å². The van der Waals surface area contributed by atoms with Crippen LogP contribution in [0.1, 0.15) is 23.6 Å². The zero-order valence-corrected chi connectivity index (χ0v) is 10.9. The third-order valence-corrected chi connectivity index (χ3v) is 3.27. The topological polar surface area (TPSA) is 46.2 Å². The second-order valence-electron chi connectivity index (χ2n) is 5.08. The first-order chi connectivity index (χ1) is 8.49. The Morgan fingerprint density at radius 2 is 1.67 bits per heavy atom. The van der Waals surface area contributed by atoms with E-state index in [9.17, 15) is 5.11 Å². The van der Waals surface area contributed by atoms with E-state index in [0.29, 0.717) is 0 Å². The van der Waals surface area contributed by atoms with Gasteiger partial charge in [0.1, 0.15) is 5.75 Å². The van der Waals surface area contributed by atoms with Crippen molar-refractivity contribution < 1.29 is 5.11 Å². The summed E-state index contributed by atoms with van der Waals surface area (Å²) in [5, 5.41) is 9.28. The Balaban J connectivity index is 2.27. The van der Waals surface area contributed by atoms with Gasteiger partial charge in [-0.25, -0.2) is 0 Å². The molecule has 0 aliphatic carbocycles. The first-order valence-corrected chi connectivity index (χ1v) is 6.12. The highest BCUT2D eigenvalue weighted by Crippen LogP contribution is 2.26. The fraction of sp³-hybridized carbons (Fsp3) is 0.250. The van der Waals surface area contributed by atoms with Crippen molar-refractivity contribution >= 4 is 0 Å². The molecule has 0 bridgehead atoms. The average Bonchev–Trinajstić information content (AvgIpc) is 2.32. The highest BCUT2D eigenvalue weighted by molar-refractivity contribution is 5.35. The first-order valence-electron chi connectivity index (χ1n) is 6.12. The van der Waals surface area contributed by atoms with Gasteiger partial charge in [0.25, 0.3) is 0 Å². The highest BCUT2D eigenvalue weighted by Gasteiger charge is 2.23. The summed E-state index contributed by atoms with van der Waals surface area (Å²) >= 11 is 0. The van der Waals surface area contributed by atoms with Crippen LogP contribution in [0.4, 0.5) is 0 Å². The number of hydrogen-bond acceptors (Lipinski definition) is 2. The Bertz CT molecular complexity index is 529. The van der Waals surface area contributed by atoms with Gasteiger partial charge in [-0.3, -0.25) is 0 Å². The number of phenols is 1. The van der Waals surface area contributed by atoms with Gasteiger partial charge < -0.3 is 10.8 Å². The summed E-state index contributed by atoms with van der Waals surface area (Å²) < 4.78 is 0. The predicted octanol–water partition coefficient (Wildman–Crippen LogP) is 3.12. The molecular weight excluding hydrogens is 222 g/mol. The van der Waals surface area contributed by atoms with Gasteiger partial charge in [-0.15, -0.1) is 0 Å². The molecule has 0 saturated heterocycles. The molecule has 0 saturated carbocycles. The molecule has 0 heterocycles. The maximum atomic E-state index is 9.28. The summed E-state index contributed by atoms with van der Waals surface area (Å²) in [7, 11) is 0. The van der Waals surface area contributed by atoms with Crippen molar-refractivity contribution in [1.29, 1.82) is 0 Å². The summed E-state index contributed by atoms with van der Waals surface area (Å²) in [5.41, 5.74) is 9.55. The van der Waals surface area contributed by atoms with Gasteiger partial charge in [-0.2, -0.15) is 0 Å². The van der Waals surface area contributed by atoms with Crippen molar-refractivity contribution in [3.8, 4) is 5.75 Å². The van der Waals surface area contributed by atoms with Crippen molar-refractivity contribution in [1.82, 2.24) is 0 Å². The monoisotopic (exact) mass is 241 g/mol. The van der Waals surface area contributed by atoms with E-state index in [1.807, 2.05) is 31.2 Å². The molecule has 94 valence electrons. The van der Waals surface area contributed by atoms with Crippen LogP contribution >= 0.6 is 0 Å². The lowest BCUT2D eigenvalue weighted by Crippen LogP contribution is -2.36. The van der Waals surface area contributed by atoms with E-state index in [1.165, 1.54) is 5.56 Å². The lowest BCUT2D eigenvalue weighted by atomic mass is 9.84. The minimum atomic E-state index is -0.400. The van der Waals surface area contributed by atoms with Crippen LogP contribution in [0.15, 0.2) is 48.5 Å². The molecular formula is C16H19NO. The molecule has 0 radical (unpaired) electrons. The van der Waals surface area contributed by atoms with Crippen LogP contribution in [-0.4, -0.2) is 5.11 Å². The highest BCUT2D eigenvalue weighted by atomic mass is 16.3. The van der Waals surface area contributed by atoms with E-state index in [0.717, 1.165) is 17.5 Å². The number of hydrogen-bond donors (Lipinski definition) is 2. The van der Waals surface area contributed by atoms with Crippen LogP contribution in [0.2, 0.25) is 0 Å². The molecule has 2 aromatic carbocycles. The molecule has 0 amide bonds. The van der Waals surface area contributed by atoms with Gasteiger partial charge in [-0.05, 0) is 49.1 Å². The van der Waals surface area contributed by atoms with E-state index in [4.69, 9.17) is 5.73 Å². The Morgan fingerprint density at radius 1 is 1.06 bits per heavy atom. The number of nitrogens with two attached hydrogens (primary N) is 1. The second-order valence-corrected chi connectivity index (χ2v) is 5.08. The third kappa shape index (κ3) is 2.71. The smallest absolute Gasteiger partial charge is 0.115 e. The van der Waals surface area contributed by atoms with Crippen LogP contribution in [-0.2, 0) is 12.0 Å². The molecule has 2 rings (SSSR count). The lowest BCUT2D eigenvalue weighted by Gasteiger charge is -2.27. The van der Waals surface area contributed by atoms with Gasteiger partial charge in [0.05, 0.1) is 0 Å². The van der Waals surface area contributed by atoms with E-state index in [2.05, 4.69) is 19.1 Å². The maximum absolute atomic E-state index is 9.28. The number of phenolic OH excluding ortho intramolecular Hbond substituents is 1. The fourth-order valence-electron chi connectivity index (χ4n) is 2.35. The minimum absolute atomic E-state index is 0.286. The molecule has 2 nitrogen and oxygen atoms in total. The lowest BCUT2D eigenvalue weighted by molar-refractivity contribution is 0.471. The molecule has 0 aromatic heterocycles. The van der Waals surface area contributed by atoms with Crippen molar-refractivity contribution in [2.45, 2.75) is 25.8 Å². The molecule has 3 N–H and O–H groups in total. The number of benzene rings is 2. The van der Waals surface area contributed by atoms with Gasteiger partial charge in [0.2, 0.25) is 0 Å². The van der Waals surface area contributed by atoms with E-state index in [-0.39, 0.29) is 5.75 Å². The van der Waals surface area contributed by atoms with E-state index in [1.54, 1.807) is 12.1 Å². The van der Waals surface area contributed by atoms with Crippen molar-refractivity contribution in [2.75, 3.05) is 0 Å². The predicted molar refractivity (Wildman–Crippen MR) is 74.5 cm³/mol.